The zero-order chi connectivity index (χ0) is 18.3. The lowest BCUT2D eigenvalue weighted by Gasteiger charge is -2.24. The van der Waals surface area contributed by atoms with E-state index in [9.17, 15) is 9.65 Å². The maximum absolute atomic E-state index is 13.8. The summed E-state index contributed by atoms with van der Waals surface area (Å²) in [7, 11) is 0. The van der Waals surface area contributed by atoms with Crippen molar-refractivity contribution in [1.29, 1.82) is 5.26 Å². The van der Waals surface area contributed by atoms with Gasteiger partial charge in [0.1, 0.15) is 17.5 Å². The third kappa shape index (κ3) is 2.50. The zero-order valence-corrected chi connectivity index (χ0v) is 14.0. The van der Waals surface area contributed by atoms with Crippen molar-refractivity contribution in [2.45, 2.75) is 12.8 Å². The molecule has 3 N–H and O–H groups in total. The Kier molecular flexibility index (Phi) is 3.70. The summed E-state index contributed by atoms with van der Waals surface area (Å²) in [6, 6.07) is 16.1. The number of nitriles is 1. The number of nitrogens with two attached hydrogens (primary N) is 1. The number of nitrogens with one attached hydrogen (secondary N) is 1. The van der Waals surface area contributed by atoms with Gasteiger partial charge in [0, 0.05) is 5.56 Å². The number of ether oxygens (including phenoxy) is 1. The first-order valence-electron chi connectivity index (χ1n) is 8.07. The van der Waals surface area contributed by atoms with Gasteiger partial charge in [0.25, 0.3) is 0 Å². The molecular formula is C20H15FN4O. The van der Waals surface area contributed by atoms with Crippen molar-refractivity contribution in [3.8, 4) is 23.2 Å². The van der Waals surface area contributed by atoms with E-state index in [4.69, 9.17) is 10.5 Å². The van der Waals surface area contributed by atoms with Gasteiger partial charge in [0.2, 0.25) is 11.8 Å². The molecule has 3 aromatic rings. The Morgan fingerprint density at radius 2 is 2.00 bits per heavy atom. The van der Waals surface area contributed by atoms with Gasteiger partial charge in [-0.1, -0.05) is 42.0 Å². The summed E-state index contributed by atoms with van der Waals surface area (Å²) < 4.78 is 19.4. The molecule has 4 rings (SSSR count). The number of fused-ring (bicyclic) bond motifs is 1. The molecule has 0 aliphatic carbocycles. The van der Waals surface area contributed by atoms with Gasteiger partial charge in [-0.25, -0.2) is 4.39 Å². The molecule has 0 saturated heterocycles. The summed E-state index contributed by atoms with van der Waals surface area (Å²) in [6.07, 6.45) is 0. The lowest BCUT2D eigenvalue weighted by atomic mass is 9.83. The topological polar surface area (TPSA) is 87.7 Å². The quantitative estimate of drug-likeness (QED) is 0.740. The molecule has 2 heterocycles. The molecule has 0 amide bonds. The lowest BCUT2D eigenvalue weighted by Crippen LogP contribution is -2.21. The first-order chi connectivity index (χ1) is 12.6. The fourth-order valence-electron chi connectivity index (χ4n) is 3.20. The normalized spacial score (nSPS) is 16.0. The van der Waals surface area contributed by atoms with Crippen LogP contribution in [0.15, 0.2) is 60.0 Å². The van der Waals surface area contributed by atoms with Gasteiger partial charge in [-0.15, -0.1) is 5.10 Å². The van der Waals surface area contributed by atoms with Crippen LogP contribution in [0.4, 0.5) is 4.39 Å². The van der Waals surface area contributed by atoms with E-state index in [0.29, 0.717) is 17.0 Å². The molecule has 0 radical (unpaired) electrons. The van der Waals surface area contributed by atoms with Crippen LogP contribution in [0.3, 0.4) is 0 Å². The van der Waals surface area contributed by atoms with Gasteiger partial charge in [0.05, 0.1) is 17.2 Å². The molecule has 0 fully saturated rings. The zero-order valence-electron chi connectivity index (χ0n) is 14.0. The van der Waals surface area contributed by atoms with Crippen LogP contribution in [0.1, 0.15) is 22.6 Å². The van der Waals surface area contributed by atoms with Crippen LogP contribution in [0.25, 0.3) is 11.3 Å². The second-order valence-corrected chi connectivity index (χ2v) is 6.16. The summed E-state index contributed by atoms with van der Waals surface area (Å²) in [4.78, 5) is 0. The molecule has 1 aliphatic rings. The van der Waals surface area contributed by atoms with E-state index in [-0.39, 0.29) is 17.3 Å². The summed E-state index contributed by atoms with van der Waals surface area (Å²) in [6.45, 7) is 2.00. The Balaban J connectivity index is 1.95. The highest BCUT2D eigenvalue weighted by Gasteiger charge is 2.35. The molecule has 0 spiro atoms. The number of rotatable bonds is 2. The van der Waals surface area contributed by atoms with Crippen molar-refractivity contribution in [1.82, 2.24) is 10.2 Å². The van der Waals surface area contributed by atoms with Gasteiger partial charge in [-0.2, -0.15) is 5.26 Å². The maximum Gasteiger partial charge on any atom is 0.244 e. The molecule has 128 valence electrons. The van der Waals surface area contributed by atoms with E-state index in [1.165, 1.54) is 12.1 Å². The Bertz CT molecular complexity index is 1060. The molecule has 1 aromatic heterocycles. The molecule has 5 nitrogen and oxygen atoms in total. The number of hydrogen-bond acceptors (Lipinski definition) is 4. The van der Waals surface area contributed by atoms with Crippen LogP contribution in [0.5, 0.6) is 5.88 Å². The summed E-state index contributed by atoms with van der Waals surface area (Å²) >= 11 is 0. The van der Waals surface area contributed by atoms with Crippen molar-refractivity contribution in [3.63, 3.8) is 0 Å². The predicted molar refractivity (Wildman–Crippen MR) is 94.5 cm³/mol. The van der Waals surface area contributed by atoms with Crippen molar-refractivity contribution in [2.75, 3.05) is 0 Å². The first-order valence-corrected chi connectivity index (χ1v) is 8.07. The van der Waals surface area contributed by atoms with E-state index in [2.05, 4.69) is 16.3 Å². The number of halogens is 1. The minimum atomic E-state index is -0.561. The van der Waals surface area contributed by atoms with Crippen LogP contribution >= 0.6 is 0 Å². The monoisotopic (exact) mass is 346 g/mol. The van der Waals surface area contributed by atoms with Crippen LogP contribution in [0.2, 0.25) is 0 Å². The van der Waals surface area contributed by atoms with E-state index in [1.54, 1.807) is 12.1 Å². The number of benzene rings is 2. The Morgan fingerprint density at radius 1 is 1.23 bits per heavy atom. The first kappa shape index (κ1) is 15.9. The highest BCUT2D eigenvalue weighted by Crippen LogP contribution is 2.45. The third-order valence-electron chi connectivity index (χ3n) is 4.46. The molecule has 2 aromatic carbocycles. The molecule has 1 aliphatic heterocycles. The Hall–Kier alpha value is -3.59. The number of aromatic amines is 1. The van der Waals surface area contributed by atoms with E-state index < -0.39 is 5.92 Å². The molecule has 6 heteroatoms. The van der Waals surface area contributed by atoms with E-state index >= 15 is 0 Å². The van der Waals surface area contributed by atoms with Crippen LogP contribution in [-0.4, -0.2) is 10.2 Å². The van der Waals surface area contributed by atoms with Gasteiger partial charge in [-0.05, 0) is 24.6 Å². The molecule has 0 saturated carbocycles. The average Bonchev–Trinajstić information content (AvgIpc) is 3.04. The van der Waals surface area contributed by atoms with Crippen molar-refractivity contribution >= 4 is 0 Å². The Morgan fingerprint density at radius 3 is 2.69 bits per heavy atom. The molecule has 0 bridgehead atoms. The molecule has 0 unspecified atom stereocenters. The minimum absolute atomic E-state index is 0.0174. The fraction of sp³-hybridized carbons (Fsp3) is 0.100. The van der Waals surface area contributed by atoms with Crippen molar-refractivity contribution in [3.05, 3.63) is 82.5 Å². The van der Waals surface area contributed by atoms with E-state index in [0.717, 1.165) is 16.8 Å². The highest BCUT2D eigenvalue weighted by atomic mass is 19.1. The number of aromatic nitrogens is 2. The SMILES string of the molecule is Cc1ccc(-c2[nH]nc3c2[C@@H](c2cccc(F)c2)C(C#N)=C(N)O3)cc1. The lowest BCUT2D eigenvalue weighted by molar-refractivity contribution is 0.379. The minimum Gasteiger partial charge on any atom is -0.420 e. The summed E-state index contributed by atoms with van der Waals surface area (Å²) in [5.41, 5.74) is 10.2. The fourth-order valence-corrected chi connectivity index (χ4v) is 3.20. The van der Waals surface area contributed by atoms with Gasteiger partial charge in [-0.3, -0.25) is 5.10 Å². The largest absolute Gasteiger partial charge is 0.420 e. The average molecular weight is 346 g/mol. The second-order valence-electron chi connectivity index (χ2n) is 6.16. The predicted octanol–water partition coefficient (Wildman–Crippen LogP) is 3.74. The van der Waals surface area contributed by atoms with Crippen LogP contribution < -0.4 is 10.5 Å². The second kappa shape index (κ2) is 6.05. The number of allylic oxidation sites excluding steroid dienone is 1. The maximum atomic E-state index is 13.8. The smallest absolute Gasteiger partial charge is 0.244 e. The standard InChI is InChI=1S/C20H15FN4O/c1-11-5-7-12(8-6-11)18-17-16(13-3-2-4-14(21)9-13)15(10-22)19(23)26-20(17)25-24-18/h2-9,16H,23H2,1H3,(H,24,25)/t16-/m0/s1. The highest BCUT2D eigenvalue weighted by molar-refractivity contribution is 5.71. The number of aryl methyl sites for hydroxylation is 1. The number of hydrogen-bond donors (Lipinski definition) is 2. The molecule has 26 heavy (non-hydrogen) atoms. The van der Waals surface area contributed by atoms with Crippen molar-refractivity contribution < 1.29 is 9.13 Å². The van der Waals surface area contributed by atoms with Gasteiger partial charge >= 0.3 is 0 Å². The summed E-state index contributed by atoms with van der Waals surface area (Å²) in [5, 5.41) is 16.8. The molecular weight excluding hydrogens is 331 g/mol. The number of H-pyrrole nitrogens is 1. The Labute approximate surface area is 149 Å². The van der Waals surface area contributed by atoms with Crippen LogP contribution in [-0.2, 0) is 0 Å². The number of nitrogens with zero attached hydrogens (tertiary/aromatic N) is 2. The third-order valence-corrected chi connectivity index (χ3v) is 4.46. The molecule has 1 atom stereocenters. The van der Waals surface area contributed by atoms with Crippen molar-refractivity contribution in [2.24, 2.45) is 5.73 Å². The van der Waals surface area contributed by atoms with Crippen LogP contribution in [0, 0.1) is 24.1 Å². The van der Waals surface area contributed by atoms with E-state index in [1.807, 2.05) is 31.2 Å². The van der Waals surface area contributed by atoms with Gasteiger partial charge in [0.15, 0.2) is 0 Å². The summed E-state index contributed by atoms with van der Waals surface area (Å²) in [5.74, 6) is -0.663. The van der Waals surface area contributed by atoms with Gasteiger partial charge < -0.3 is 10.5 Å².